The fourth-order valence-corrected chi connectivity index (χ4v) is 6.53. The van der Waals surface area contributed by atoms with Crippen molar-refractivity contribution in [2.24, 2.45) is 0 Å². The molecule has 5 heteroatoms. The Balaban J connectivity index is 1.78. The highest BCUT2D eigenvalue weighted by Gasteiger charge is 2.17. The van der Waals surface area contributed by atoms with Gasteiger partial charge in [-0.3, -0.25) is 0 Å². The highest BCUT2D eigenvalue weighted by atomic mass is 127. The Morgan fingerprint density at radius 1 is 0.630 bits per heavy atom. The summed E-state index contributed by atoms with van der Waals surface area (Å²) >= 11 is 5.86. The smallest absolute Gasteiger partial charge is 0.191 e. The third kappa shape index (κ3) is 2.35. The van der Waals surface area contributed by atoms with E-state index in [0.29, 0.717) is 0 Å². The van der Waals surface area contributed by atoms with Gasteiger partial charge in [0.1, 0.15) is 0 Å². The molecule has 0 unspecified atom stereocenters. The van der Waals surface area contributed by atoms with Crippen molar-refractivity contribution in [1.82, 2.24) is 9.97 Å². The van der Waals surface area contributed by atoms with E-state index in [0.717, 1.165) is 15.0 Å². The van der Waals surface area contributed by atoms with Crippen molar-refractivity contribution in [1.29, 1.82) is 0 Å². The molecule has 3 aromatic carbocycles. The van der Waals surface area contributed by atoms with E-state index in [4.69, 9.17) is 9.97 Å². The van der Waals surface area contributed by atoms with Gasteiger partial charge in [0, 0.05) is 58.4 Å². The predicted octanol–water partition coefficient (Wildman–Crippen LogP) is 7.48. The first-order valence-electron chi connectivity index (χ1n) is 8.55. The monoisotopic (exact) mass is 494 g/mol. The van der Waals surface area contributed by atoms with E-state index in [2.05, 4.69) is 89.3 Å². The molecule has 0 fully saturated rings. The van der Waals surface area contributed by atoms with Gasteiger partial charge in [-0.15, -0.1) is 22.7 Å². The van der Waals surface area contributed by atoms with E-state index in [9.17, 15) is 0 Å². The van der Waals surface area contributed by atoms with Crippen molar-refractivity contribution in [2.75, 3.05) is 0 Å². The molecule has 27 heavy (non-hydrogen) atoms. The highest BCUT2D eigenvalue weighted by Crippen LogP contribution is 2.43. The van der Waals surface area contributed by atoms with Gasteiger partial charge in [-0.05, 0) is 12.1 Å². The molecule has 6 aromatic rings. The van der Waals surface area contributed by atoms with Crippen molar-refractivity contribution in [3.05, 3.63) is 70.6 Å². The van der Waals surface area contributed by atoms with E-state index >= 15 is 0 Å². The zero-order valence-corrected chi connectivity index (χ0v) is 17.7. The summed E-state index contributed by atoms with van der Waals surface area (Å²) in [6.07, 6.45) is 0. The number of hydrogen-bond acceptors (Lipinski definition) is 4. The van der Waals surface area contributed by atoms with Crippen LogP contribution >= 0.6 is 45.3 Å². The zero-order chi connectivity index (χ0) is 18.0. The van der Waals surface area contributed by atoms with Crippen LogP contribution in [0.25, 0.3) is 51.7 Å². The number of benzene rings is 3. The van der Waals surface area contributed by atoms with E-state index in [1.54, 1.807) is 11.3 Å². The van der Waals surface area contributed by atoms with Gasteiger partial charge in [0.05, 0.1) is 15.9 Å². The minimum Gasteiger partial charge on any atom is -0.221 e. The van der Waals surface area contributed by atoms with Crippen molar-refractivity contribution in [3.8, 4) is 11.3 Å². The molecule has 128 valence electrons. The summed E-state index contributed by atoms with van der Waals surface area (Å²) in [4.78, 5) is 9.64. The summed E-state index contributed by atoms with van der Waals surface area (Å²) in [7, 11) is 0. The lowest BCUT2D eigenvalue weighted by Gasteiger charge is -2.05. The van der Waals surface area contributed by atoms with Crippen molar-refractivity contribution in [3.63, 3.8) is 0 Å². The van der Waals surface area contributed by atoms with Crippen molar-refractivity contribution in [2.45, 2.75) is 0 Å². The molecular formula is C22H11IN2S2. The molecule has 6 rings (SSSR count). The molecule has 0 aliphatic rings. The average molecular weight is 494 g/mol. The lowest BCUT2D eigenvalue weighted by atomic mass is 10.1. The average Bonchev–Trinajstić information content (AvgIpc) is 3.26. The third-order valence-corrected chi connectivity index (χ3v) is 7.72. The Morgan fingerprint density at radius 2 is 1.30 bits per heavy atom. The van der Waals surface area contributed by atoms with Gasteiger partial charge >= 0.3 is 0 Å². The lowest BCUT2D eigenvalue weighted by molar-refractivity contribution is 1.17. The topological polar surface area (TPSA) is 25.8 Å². The molecule has 0 saturated carbocycles. The molecule has 3 heterocycles. The molecule has 0 saturated heterocycles. The summed E-state index contributed by atoms with van der Waals surface area (Å²) < 4.78 is 5.83. The maximum absolute atomic E-state index is 4.88. The molecule has 0 atom stereocenters. The SMILES string of the molecule is Ic1nc(-c2cccc3c2sc2ccccc23)c2sc3ccccc3c2n1. The number of rotatable bonds is 1. The Hall–Kier alpha value is -2.09. The molecule has 2 nitrogen and oxygen atoms in total. The fourth-order valence-electron chi connectivity index (χ4n) is 3.68. The van der Waals surface area contributed by atoms with Crippen LogP contribution in [-0.4, -0.2) is 9.97 Å². The molecule has 0 spiro atoms. The van der Waals surface area contributed by atoms with E-state index in [1.165, 1.54) is 40.5 Å². The predicted molar refractivity (Wildman–Crippen MR) is 126 cm³/mol. The van der Waals surface area contributed by atoms with E-state index in [1.807, 2.05) is 11.3 Å². The minimum absolute atomic E-state index is 0.789. The van der Waals surface area contributed by atoms with Crippen LogP contribution in [0.3, 0.4) is 0 Å². The van der Waals surface area contributed by atoms with Gasteiger partial charge in [-0.1, -0.05) is 54.6 Å². The lowest BCUT2D eigenvalue weighted by Crippen LogP contribution is -1.91. The Morgan fingerprint density at radius 3 is 2.15 bits per heavy atom. The number of halogens is 1. The normalized spacial score (nSPS) is 11.9. The number of hydrogen-bond donors (Lipinski definition) is 0. The van der Waals surface area contributed by atoms with Gasteiger partial charge in [-0.25, -0.2) is 9.97 Å². The summed E-state index contributed by atoms with van der Waals surface area (Å²) in [5.41, 5.74) is 3.30. The molecule has 0 aliphatic carbocycles. The first-order valence-corrected chi connectivity index (χ1v) is 11.3. The van der Waals surface area contributed by atoms with Crippen molar-refractivity contribution >= 4 is 85.7 Å². The zero-order valence-electron chi connectivity index (χ0n) is 13.9. The van der Waals surface area contributed by atoms with Gasteiger partial charge in [0.2, 0.25) is 0 Å². The Bertz CT molecular complexity index is 1500. The van der Waals surface area contributed by atoms with E-state index < -0.39 is 0 Å². The second kappa shape index (κ2) is 5.95. The van der Waals surface area contributed by atoms with Crippen LogP contribution in [0.1, 0.15) is 0 Å². The molecule has 0 bridgehead atoms. The number of nitrogens with zero attached hydrogens (tertiary/aromatic N) is 2. The maximum atomic E-state index is 4.88. The quantitative estimate of drug-likeness (QED) is 0.175. The summed E-state index contributed by atoms with van der Waals surface area (Å²) in [6, 6.07) is 23.7. The third-order valence-electron chi connectivity index (χ3n) is 4.85. The molecule has 0 amide bonds. The number of fused-ring (bicyclic) bond motifs is 6. The van der Waals surface area contributed by atoms with Gasteiger partial charge < -0.3 is 0 Å². The molecule has 3 aromatic heterocycles. The Labute approximate surface area is 176 Å². The van der Waals surface area contributed by atoms with Crippen LogP contribution in [-0.2, 0) is 0 Å². The summed E-state index contributed by atoms with van der Waals surface area (Å²) in [5.74, 6) is 0. The second-order valence-electron chi connectivity index (χ2n) is 6.40. The van der Waals surface area contributed by atoms with Crippen LogP contribution in [0.2, 0.25) is 0 Å². The number of aromatic nitrogens is 2. The molecule has 0 N–H and O–H groups in total. The molecular weight excluding hydrogens is 483 g/mol. The van der Waals surface area contributed by atoms with Crippen LogP contribution in [0, 0.1) is 3.83 Å². The van der Waals surface area contributed by atoms with Crippen molar-refractivity contribution < 1.29 is 0 Å². The van der Waals surface area contributed by atoms with Gasteiger partial charge in [0.15, 0.2) is 3.83 Å². The second-order valence-corrected chi connectivity index (χ2v) is 9.47. The largest absolute Gasteiger partial charge is 0.221 e. The standard InChI is InChI=1S/C22H11IN2S2/c23-22-24-18-14-7-2-4-11-17(14)27-21(18)19(25-22)15-9-5-8-13-12-6-1-3-10-16(12)26-20(13)15/h1-11H. The van der Waals surface area contributed by atoms with Crippen LogP contribution in [0.15, 0.2) is 66.7 Å². The first-order chi connectivity index (χ1) is 13.3. The summed E-state index contributed by atoms with van der Waals surface area (Å²) in [6.45, 7) is 0. The minimum atomic E-state index is 0.789. The fraction of sp³-hybridized carbons (Fsp3) is 0. The maximum Gasteiger partial charge on any atom is 0.191 e. The van der Waals surface area contributed by atoms with Crippen LogP contribution in [0.5, 0.6) is 0 Å². The molecule has 0 aliphatic heterocycles. The van der Waals surface area contributed by atoms with Gasteiger partial charge in [0.25, 0.3) is 0 Å². The number of thiophene rings is 2. The van der Waals surface area contributed by atoms with Crippen LogP contribution < -0.4 is 0 Å². The van der Waals surface area contributed by atoms with Crippen LogP contribution in [0.4, 0.5) is 0 Å². The summed E-state index contributed by atoms with van der Waals surface area (Å²) in [5, 5.41) is 3.83. The first kappa shape index (κ1) is 15.9. The van der Waals surface area contributed by atoms with E-state index in [-0.39, 0.29) is 0 Å². The molecule has 0 radical (unpaired) electrons. The highest BCUT2D eigenvalue weighted by molar-refractivity contribution is 14.1. The Kier molecular flexibility index (Phi) is 3.51. The van der Waals surface area contributed by atoms with Gasteiger partial charge in [-0.2, -0.15) is 0 Å².